The largest absolute Gasteiger partial charge is 0.353 e. The Balaban J connectivity index is 2.76. The minimum atomic E-state index is 0.245. The third kappa shape index (κ3) is 4.06. The van der Waals surface area contributed by atoms with Gasteiger partial charge in [-0.25, -0.2) is 4.98 Å². The number of aryl methyl sites for hydroxylation is 2. The lowest BCUT2D eigenvalue weighted by molar-refractivity contribution is 0.357. The molecular formula is C14H27N3. The van der Waals surface area contributed by atoms with E-state index in [2.05, 4.69) is 62.6 Å². The molecule has 1 atom stereocenters. The summed E-state index contributed by atoms with van der Waals surface area (Å²) in [5, 5.41) is 3.53. The van der Waals surface area contributed by atoms with Crippen LogP contribution < -0.4 is 5.32 Å². The Morgan fingerprint density at radius 1 is 1.41 bits per heavy atom. The second-order valence-corrected chi connectivity index (χ2v) is 5.98. The van der Waals surface area contributed by atoms with E-state index in [0.717, 1.165) is 18.2 Å². The number of hydrogen-bond donors (Lipinski definition) is 1. The van der Waals surface area contributed by atoms with Crippen molar-refractivity contribution in [3.05, 3.63) is 11.9 Å². The van der Waals surface area contributed by atoms with Crippen molar-refractivity contribution < 1.29 is 0 Å². The molecule has 17 heavy (non-hydrogen) atoms. The number of nitrogens with one attached hydrogen (secondary N) is 1. The molecule has 1 rings (SSSR count). The molecule has 1 aromatic heterocycles. The van der Waals surface area contributed by atoms with Crippen molar-refractivity contribution in [2.24, 2.45) is 5.41 Å². The van der Waals surface area contributed by atoms with Gasteiger partial charge in [-0.1, -0.05) is 34.1 Å². The van der Waals surface area contributed by atoms with Crippen LogP contribution in [0.1, 0.15) is 53.2 Å². The monoisotopic (exact) mass is 237 g/mol. The molecule has 0 aliphatic carbocycles. The summed E-state index contributed by atoms with van der Waals surface area (Å²) < 4.78 is 2.24. The predicted molar refractivity (Wildman–Crippen MR) is 74.4 cm³/mol. The van der Waals surface area contributed by atoms with Gasteiger partial charge in [-0.2, -0.15) is 0 Å². The van der Waals surface area contributed by atoms with Crippen molar-refractivity contribution in [2.45, 2.75) is 67.0 Å². The maximum absolute atomic E-state index is 4.57. The smallest absolute Gasteiger partial charge is 0.203 e. The number of hydrogen-bond acceptors (Lipinski definition) is 2. The Kier molecular flexibility index (Phi) is 4.61. The molecule has 1 N–H and O–H groups in total. The fourth-order valence-corrected chi connectivity index (χ4v) is 1.57. The van der Waals surface area contributed by atoms with Gasteiger partial charge in [0.05, 0.1) is 5.69 Å². The normalized spacial score (nSPS) is 13.8. The number of unbranched alkanes of at least 4 members (excludes halogenated alkanes) is 1. The van der Waals surface area contributed by atoms with Crippen LogP contribution in [0.15, 0.2) is 6.20 Å². The Hall–Kier alpha value is -0.990. The fraction of sp³-hybridized carbons (Fsp3) is 0.786. The van der Waals surface area contributed by atoms with Crippen molar-refractivity contribution in [1.29, 1.82) is 0 Å². The van der Waals surface area contributed by atoms with Crippen LogP contribution in [0.3, 0.4) is 0 Å². The van der Waals surface area contributed by atoms with Crippen LogP contribution in [-0.2, 0) is 6.54 Å². The van der Waals surface area contributed by atoms with Crippen LogP contribution in [-0.4, -0.2) is 15.6 Å². The second-order valence-electron chi connectivity index (χ2n) is 5.98. The standard InChI is InChI=1S/C14H27N3/c1-7-8-9-17-10-11(2)15-13(17)16-12(3)14(4,5)6/h10,12H,7-9H2,1-6H3,(H,15,16). The molecule has 98 valence electrons. The zero-order chi connectivity index (χ0) is 13.1. The molecule has 0 fully saturated rings. The highest BCUT2D eigenvalue weighted by molar-refractivity contribution is 5.30. The van der Waals surface area contributed by atoms with Crippen molar-refractivity contribution in [2.75, 3.05) is 5.32 Å². The molecule has 0 saturated heterocycles. The summed E-state index contributed by atoms with van der Waals surface area (Å²) in [5.41, 5.74) is 1.33. The van der Waals surface area contributed by atoms with Gasteiger partial charge in [-0.05, 0) is 25.7 Å². The Labute approximate surface area is 106 Å². The van der Waals surface area contributed by atoms with Crippen LogP contribution >= 0.6 is 0 Å². The van der Waals surface area contributed by atoms with Gasteiger partial charge in [0.25, 0.3) is 0 Å². The van der Waals surface area contributed by atoms with Crippen molar-refractivity contribution >= 4 is 5.95 Å². The molecule has 1 aromatic rings. The minimum absolute atomic E-state index is 0.245. The molecule has 1 heterocycles. The lowest BCUT2D eigenvalue weighted by Crippen LogP contribution is -2.32. The lowest BCUT2D eigenvalue weighted by Gasteiger charge is -2.28. The van der Waals surface area contributed by atoms with Crippen LogP contribution in [0.5, 0.6) is 0 Å². The van der Waals surface area contributed by atoms with Crippen LogP contribution in [0.25, 0.3) is 0 Å². The number of imidazole rings is 1. The van der Waals surface area contributed by atoms with Crippen LogP contribution in [0.4, 0.5) is 5.95 Å². The summed E-state index contributed by atoms with van der Waals surface area (Å²) in [6.07, 6.45) is 4.55. The highest BCUT2D eigenvalue weighted by Gasteiger charge is 2.21. The quantitative estimate of drug-likeness (QED) is 0.843. The Morgan fingerprint density at radius 2 is 2.06 bits per heavy atom. The van der Waals surface area contributed by atoms with Crippen molar-refractivity contribution in [1.82, 2.24) is 9.55 Å². The van der Waals surface area contributed by atoms with Gasteiger partial charge in [0.1, 0.15) is 0 Å². The summed E-state index contributed by atoms with van der Waals surface area (Å²) in [5.74, 6) is 1.01. The first-order chi connectivity index (χ1) is 7.84. The van der Waals surface area contributed by atoms with E-state index in [4.69, 9.17) is 0 Å². The van der Waals surface area contributed by atoms with Gasteiger partial charge >= 0.3 is 0 Å². The topological polar surface area (TPSA) is 29.9 Å². The number of rotatable bonds is 5. The first kappa shape index (κ1) is 14.1. The van der Waals surface area contributed by atoms with E-state index >= 15 is 0 Å². The summed E-state index contributed by atoms with van der Waals surface area (Å²) in [6.45, 7) is 14.3. The van der Waals surface area contributed by atoms with Crippen molar-refractivity contribution in [3.8, 4) is 0 Å². The van der Waals surface area contributed by atoms with Gasteiger partial charge < -0.3 is 9.88 Å². The molecule has 0 aromatic carbocycles. The van der Waals surface area contributed by atoms with Crippen molar-refractivity contribution in [3.63, 3.8) is 0 Å². The SMILES string of the molecule is CCCCn1cc(C)nc1NC(C)C(C)(C)C. The molecule has 0 aliphatic rings. The first-order valence-electron chi connectivity index (χ1n) is 6.65. The average molecular weight is 237 g/mol. The molecule has 0 radical (unpaired) electrons. The summed E-state index contributed by atoms with van der Waals surface area (Å²) in [7, 11) is 0. The minimum Gasteiger partial charge on any atom is -0.353 e. The highest BCUT2D eigenvalue weighted by Crippen LogP contribution is 2.22. The molecule has 0 amide bonds. The zero-order valence-electron chi connectivity index (χ0n) is 12.2. The maximum atomic E-state index is 4.57. The first-order valence-corrected chi connectivity index (χ1v) is 6.65. The molecule has 3 heteroatoms. The third-order valence-electron chi connectivity index (χ3n) is 3.29. The van der Waals surface area contributed by atoms with Gasteiger partial charge in [-0.3, -0.25) is 0 Å². The lowest BCUT2D eigenvalue weighted by atomic mass is 9.88. The van der Waals surface area contributed by atoms with E-state index in [1.807, 2.05) is 0 Å². The van der Waals surface area contributed by atoms with E-state index in [-0.39, 0.29) is 5.41 Å². The summed E-state index contributed by atoms with van der Waals surface area (Å²) in [6, 6.07) is 0.407. The molecule has 0 bridgehead atoms. The zero-order valence-corrected chi connectivity index (χ0v) is 12.2. The maximum Gasteiger partial charge on any atom is 0.203 e. The Bertz CT molecular complexity index is 347. The molecule has 0 saturated carbocycles. The fourth-order valence-electron chi connectivity index (χ4n) is 1.57. The summed E-state index contributed by atoms with van der Waals surface area (Å²) in [4.78, 5) is 4.57. The van der Waals surface area contributed by atoms with E-state index in [0.29, 0.717) is 6.04 Å². The number of aromatic nitrogens is 2. The van der Waals surface area contributed by atoms with E-state index in [1.165, 1.54) is 12.8 Å². The second kappa shape index (κ2) is 5.56. The highest BCUT2D eigenvalue weighted by atomic mass is 15.2. The average Bonchev–Trinajstić information content (AvgIpc) is 2.54. The predicted octanol–water partition coefficient (Wildman–Crippen LogP) is 3.84. The molecular weight excluding hydrogens is 210 g/mol. The third-order valence-corrected chi connectivity index (χ3v) is 3.29. The van der Waals surface area contributed by atoms with E-state index < -0.39 is 0 Å². The van der Waals surface area contributed by atoms with Gasteiger partial charge in [0, 0.05) is 18.8 Å². The van der Waals surface area contributed by atoms with Gasteiger partial charge in [-0.15, -0.1) is 0 Å². The molecule has 3 nitrogen and oxygen atoms in total. The summed E-state index contributed by atoms with van der Waals surface area (Å²) >= 11 is 0. The van der Waals surface area contributed by atoms with Gasteiger partial charge in [0.15, 0.2) is 0 Å². The Morgan fingerprint density at radius 3 is 2.59 bits per heavy atom. The number of nitrogens with zero attached hydrogens (tertiary/aromatic N) is 2. The molecule has 0 aliphatic heterocycles. The van der Waals surface area contributed by atoms with Crippen LogP contribution in [0.2, 0.25) is 0 Å². The number of anilines is 1. The van der Waals surface area contributed by atoms with E-state index in [1.54, 1.807) is 0 Å². The molecule has 1 unspecified atom stereocenters. The molecule has 0 spiro atoms. The van der Waals surface area contributed by atoms with Gasteiger partial charge in [0.2, 0.25) is 5.95 Å². The van der Waals surface area contributed by atoms with E-state index in [9.17, 15) is 0 Å². The van der Waals surface area contributed by atoms with Crippen LogP contribution in [0, 0.1) is 12.3 Å².